The third-order valence-corrected chi connectivity index (χ3v) is 19.4. The van der Waals surface area contributed by atoms with Crippen LogP contribution < -0.4 is 30.4 Å². The van der Waals surface area contributed by atoms with E-state index < -0.39 is 8.07 Å². The number of benzene rings is 5. The first-order valence-corrected chi connectivity index (χ1v) is 25.4. The molecule has 5 aromatic carbocycles. The maximum Gasteiger partial charge on any atom is 0.195 e. The first kappa shape index (κ1) is 43.0. The monoisotopic (exact) mass is 804 g/mol. The van der Waals surface area contributed by atoms with Crippen molar-refractivity contribution in [2.45, 2.75) is 169 Å². The van der Waals surface area contributed by atoms with Gasteiger partial charge in [0.2, 0.25) is 0 Å². The van der Waals surface area contributed by atoms with Crippen LogP contribution >= 0.6 is 0 Å². The van der Waals surface area contributed by atoms with Crippen LogP contribution in [0.4, 0.5) is 5.69 Å². The van der Waals surface area contributed by atoms with Crippen LogP contribution in [0.2, 0.25) is 0 Å². The Labute approximate surface area is 359 Å². The molecule has 312 valence electrons. The Balaban J connectivity index is 1.46. The highest BCUT2D eigenvalue weighted by atomic mass is 28.3. The lowest BCUT2D eigenvalue weighted by Crippen LogP contribution is -2.73. The molecule has 0 amide bonds. The third-order valence-electron chi connectivity index (χ3n) is 14.6. The van der Waals surface area contributed by atoms with Gasteiger partial charge in [0.15, 0.2) is 14.3 Å². The van der Waals surface area contributed by atoms with Crippen molar-refractivity contribution in [1.82, 2.24) is 0 Å². The molecule has 1 fully saturated rings. The summed E-state index contributed by atoms with van der Waals surface area (Å²) in [6.45, 7) is 23.6. The normalized spacial score (nSPS) is 16.5. The van der Waals surface area contributed by atoms with E-state index in [0.717, 1.165) is 31.4 Å². The first-order chi connectivity index (χ1) is 28.3. The molecular formula is C56H73NOSi. The molecule has 1 unspecified atom stereocenters. The van der Waals surface area contributed by atoms with Crippen molar-refractivity contribution in [1.29, 1.82) is 0 Å². The van der Waals surface area contributed by atoms with E-state index in [0.29, 0.717) is 0 Å². The number of nitrogens with zero attached hydrogens (tertiary/aromatic N) is 1. The average Bonchev–Trinajstić information content (AvgIpc) is 3.67. The van der Waals surface area contributed by atoms with Gasteiger partial charge in [-0.3, -0.25) is 0 Å². The van der Waals surface area contributed by atoms with Gasteiger partial charge in [0.1, 0.15) is 5.75 Å². The summed E-state index contributed by atoms with van der Waals surface area (Å²) in [5.41, 5.74) is 9.51. The molecule has 7 rings (SSSR count). The van der Waals surface area contributed by atoms with E-state index in [1.165, 1.54) is 111 Å². The molecule has 2 aliphatic rings. The lowest BCUT2D eigenvalue weighted by atomic mass is 9.80. The van der Waals surface area contributed by atoms with Crippen LogP contribution in [0.25, 0.3) is 11.1 Å². The van der Waals surface area contributed by atoms with Gasteiger partial charge in [0, 0.05) is 5.69 Å². The molecule has 3 heteroatoms. The Morgan fingerprint density at radius 3 is 1.64 bits per heavy atom. The van der Waals surface area contributed by atoms with Gasteiger partial charge in [-0.1, -0.05) is 185 Å². The SMILES string of the molecule is CCCCCCc1ccc([Si]2(c3ccc(CCCCCC)cc3)c3cc(C(C)(C)CC)ccc3-c3cc(OC4N(c5ccccc5)C4(C)C)c(C(C)(C)CC)cc32)cc1. The number of unbranched alkanes of at least 4 members (excludes halogenated alkanes) is 6. The van der Waals surface area contributed by atoms with Gasteiger partial charge >= 0.3 is 0 Å². The minimum absolute atomic E-state index is 0.0419. The summed E-state index contributed by atoms with van der Waals surface area (Å²) in [4.78, 5) is 2.43. The van der Waals surface area contributed by atoms with Crippen LogP contribution in [0.15, 0.2) is 109 Å². The summed E-state index contributed by atoms with van der Waals surface area (Å²) in [7, 11) is -2.81. The Bertz CT molecular complexity index is 2120. The smallest absolute Gasteiger partial charge is 0.195 e. The van der Waals surface area contributed by atoms with Crippen molar-refractivity contribution in [2.75, 3.05) is 4.90 Å². The summed E-state index contributed by atoms with van der Waals surface area (Å²) in [6.07, 6.45) is 14.7. The molecule has 0 N–H and O–H groups in total. The number of ether oxygens (including phenoxy) is 1. The number of rotatable bonds is 19. The quantitative estimate of drug-likeness (QED) is 0.0459. The second-order valence-electron chi connectivity index (χ2n) is 19.7. The van der Waals surface area contributed by atoms with E-state index in [9.17, 15) is 0 Å². The Morgan fingerprint density at radius 1 is 0.576 bits per heavy atom. The molecule has 0 saturated carbocycles. The van der Waals surface area contributed by atoms with E-state index in [-0.39, 0.29) is 22.6 Å². The topological polar surface area (TPSA) is 12.2 Å². The van der Waals surface area contributed by atoms with Crippen LogP contribution in [-0.4, -0.2) is 19.8 Å². The molecule has 0 bridgehead atoms. The van der Waals surface area contributed by atoms with Crippen molar-refractivity contribution in [3.05, 3.63) is 131 Å². The summed E-state index contributed by atoms with van der Waals surface area (Å²) in [6, 6.07) is 43.5. The fourth-order valence-corrected chi connectivity index (χ4v) is 14.9. The summed E-state index contributed by atoms with van der Waals surface area (Å²) in [5.74, 6) is 1.03. The maximum atomic E-state index is 7.32. The number of para-hydroxylation sites is 1. The lowest BCUT2D eigenvalue weighted by Gasteiger charge is -2.34. The minimum Gasteiger partial charge on any atom is -0.468 e. The molecule has 0 aliphatic carbocycles. The number of hydrogen-bond donors (Lipinski definition) is 0. The third kappa shape index (κ3) is 8.23. The van der Waals surface area contributed by atoms with Crippen LogP contribution in [0, 0.1) is 0 Å². The van der Waals surface area contributed by atoms with E-state index in [1.54, 1.807) is 0 Å². The van der Waals surface area contributed by atoms with Gasteiger partial charge in [0.05, 0.1) is 5.54 Å². The summed E-state index contributed by atoms with van der Waals surface area (Å²) < 4.78 is 7.32. The second-order valence-corrected chi connectivity index (χ2v) is 23.5. The number of hydrogen-bond acceptors (Lipinski definition) is 2. The highest BCUT2D eigenvalue weighted by Crippen LogP contribution is 2.48. The molecule has 0 radical (unpaired) electrons. The molecule has 1 saturated heterocycles. The summed E-state index contributed by atoms with van der Waals surface area (Å²) in [5, 5.41) is 6.03. The predicted molar refractivity (Wildman–Crippen MR) is 259 cm³/mol. The molecule has 2 aliphatic heterocycles. The zero-order chi connectivity index (χ0) is 42.0. The van der Waals surface area contributed by atoms with Crippen molar-refractivity contribution in [3.63, 3.8) is 0 Å². The molecule has 2 heterocycles. The maximum absolute atomic E-state index is 7.32. The van der Waals surface area contributed by atoms with Gasteiger partial charge in [-0.25, -0.2) is 0 Å². The number of fused-ring (bicyclic) bond motifs is 3. The van der Waals surface area contributed by atoms with E-state index >= 15 is 0 Å². The van der Waals surface area contributed by atoms with Crippen molar-refractivity contribution in [3.8, 4) is 16.9 Å². The van der Waals surface area contributed by atoms with E-state index in [2.05, 4.69) is 183 Å². The zero-order valence-electron chi connectivity index (χ0n) is 38.3. The Kier molecular flexibility index (Phi) is 12.8. The minimum atomic E-state index is -2.81. The summed E-state index contributed by atoms with van der Waals surface area (Å²) >= 11 is 0. The molecule has 2 nitrogen and oxygen atoms in total. The molecule has 5 aromatic rings. The van der Waals surface area contributed by atoms with Gasteiger partial charge < -0.3 is 9.64 Å². The van der Waals surface area contributed by atoms with Crippen molar-refractivity contribution < 1.29 is 4.74 Å². The number of aryl methyl sites for hydroxylation is 2. The van der Waals surface area contributed by atoms with Crippen LogP contribution in [0.5, 0.6) is 5.75 Å². The van der Waals surface area contributed by atoms with Crippen molar-refractivity contribution in [2.24, 2.45) is 0 Å². The zero-order valence-corrected chi connectivity index (χ0v) is 39.3. The van der Waals surface area contributed by atoms with Crippen LogP contribution in [-0.2, 0) is 23.7 Å². The highest BCUT2D eigenvalue weighted by molar-refractivity contribution is 7.22. The standard InChI is InChI=1S/C56H73NOSi/c1-11-15-17-20-24-41-28-33-45(34-29-41)59(46-35-30-42(31-36-46)25-21-18-16-12-2)51-38-43(54(5,6)13-3)32-37-47(51)48-39-50(49(40-52(48)59)55(7,8)14-4)58-53-56(9,10)57(53)44-26-22-19-23-27-44/h19,22-23,26-40,53H,11-18,20-21,24-25H2,1-10H3. The fraction of sp³-hybridized carbons (Fsp3) is 0.464. The second kappa shape index (κ2) is 17.5. The molecular weight excluding hydrogens is 731 g/mol. The molecule has 1 atom stereocenters. The predicted octanol–water partition coefficient (Wildman–Crippen LogP) is 12.7. The first-order valence-electron chi connectivity index (χ1n) is 23.4. The van der Waals surface area contributed by atoms with Gasteiger partial charge in [-0.05, 0) is 136 Å². The van der Waals surface area contributed by atoms with Crippen molar-refractivity contribution >= 4 is 34.5 Å². The van der Waals surface area contributed by atoms with Crippen LogP contribution in [0.1, 0.15) is 156 Å². The Hall–Kier alpha value is -4.08. The molecule has 0 aromatic heterocycles. The van der Waals surface area contributed by atoms with E-state index in [1.807, 2.05) is 0 Å². The average molecular weight is 804 g/mol. The van der Waals surface area contributed by atoms with Gasteiger partial charge in [-0.15, -0.1) is 0 Å². The molecule has 0 spiro atoms. The lowest BCUT2D eigenvalue weighted by molar-refractivity contribution is 0.272. The fourth-order valence-electron chi connectivity index (χ4n) is 9.76. The largest absolute Gasteiger partial charge is 0.468 e. The van der Waals surface area contributed by atoms with E-state index in [4.69, 9.17) is 4.74 Å². The van der Waals surface area contributed by atoms with Gasteiger partial charge in [0.25, 0.3) is 0 Å². The molecule has 59 heavy (non-hydrogen) atoms. The Morgan fingerprint density at radius 2 is 1.12 bits per heavy atom. The highest BCUT2D eigenvalue weighted by Gasteiger charge is 2.59. The van der Waals surface area contributed by atoms with Crippen LogP contribution in [0.3, 0.4) is 0 Å². The van der Waals surface area contributed by atoms with Gasteiger partial charge in [-0.2, -0.15) is 0 Å². The number of anilines is 1.